The van der Waals surface area contributed by atoms with E-state index in [2.05, 4.69) is 15.9 Å². The number of carbonyl (C=O) groups is 1. The average molecular weight is 624 g/mol. The van der Waals surface area contributed by atoms with Crippen LogP contribution < -0.4 is 4.74 Å². The van der Waals surface area contributed by atoms with E-state index in [4.69, 9.17) is 9.47 Å². The molecule has 0 unspecified atom stereocenters. The van der Waals surface area contributed by atoms with Gasteiger partial charge in [-0.3, -0.25) is 4.79 Å². The van der Waals surface area contributed by atoms with E-state index < -0.39 is 15.6 Å². The molecule has 1 heterocycles. The molecule has 39 heavy (non-hydrogen) atoms. The maximum absolute atomic E-state index is 13.8. The topological polar surface area (TPSA) is 96.4 Å². The van der Waals surface area contributed by atoms with Crippen molar-refractivity contribution >= 4 is 31.9 Å². The first-order valence-electron chi connectivity index (χ1n) is 13.4. The molecule has 2 aromatic carbocycles. The highest BCUT2D eigenvalue weighted by Crippen LogP contribution is 2.36. The van der Waals surface area contributed by atoms with Crippen molar-refractivity contribution < 1.29 is 27.8 Å². The second kappa shape index (κ2) is 12.3. The van der Waals surface area contributed by atoms with E-state index in [1.54, 1.807) is 25.0 Å². The van der Waals surface area contributed by atoms with Gasteiger partial charge in [0.2, 0.25) is 15.9 Å². The smallest absolute Gasteiger partial charge is 0.248 e. The van der Waals surface area contributed by atoms with E-state index in [1.165, 1.54) is 4.31 Å². The molecule has 0 atom stereocenters. The fraction of sp³-hybridized carbons (Fsp3) is 0.552. The Morgan fingerprint density at radius 1 is 1.13 bits per heavy atom. The van der Waals surface area contributed by atoms with Crippen LogP contribution in [0.1, 0.15) is 47.9 Å². The minimum Gasteiger partial charge on any atom is -0.496 e. The van der Waals surface area contributed by atoms with Crippen LogP contribution in [0.15, 0.2) is 39.7 Å². The molecular weight excluding hydrogens is 584 g/mol. The Morgan fingerprint density at radius 3 is 2.36 bits per heavy atom. The van der Waals surface area contributed by atoms with Gasteiger partial charge >= 0.3 is 0 Å². The lowest BCUT2D eigenvalue weighted by molar-refractivity contribution is -0.140. The number of benzene rings is 2. The largest absolute Gasteiger partial charge is 0.496 e. The summed E-state index contributed by atoms with van der Waals surface area (Å²) in [4.78, 5) is 14.8. The summed E-state index contributed by atoms with van der Waals surface area (Å²) in [6.07, 6.45) is 2.95. The van der Waals surface area contributed by atoms with Gasteiger partial charge in [-0.1, -0.05) is 28.1 Å². The molecule has 2 aromatic rings. The molecule has 0 aromatic heterocycles. The number of hydrogen-bond donors (Lipinski definition) is 1. The summed E-state index contributed by atoms with van der Waals surface area (Å²) in [5, 5.41) is 11.1. The van der Waals surface area contributed by atoms with Crippen molar-refractivity contribution in [2.24, 2.45) is 5.92 Å². The van der Waals surface area contributed by atoms with Crippen LogP contribution in [0.3, 0.4) is 0 Å². The van der Waals surface area contributed by atoms with Crippen LogP contribution in [0.2, 0.25) is 0 Å². The van der Waals surface area contributed by atoms with Crippen LogP contribution in [0.5, 0.6) is 5.75 Å². The highest BCUT2D eigenvalue weighted by Gasteiger charge is 2.36. The molecule has 1 aliphatic carbocycles. The van der Waals surface area contributed by atoms with Gasteiger partial charge in [0.1, 0.15) is 12.4 Å². The number of aliphatic hydroxyl groups is 1. The van der Waals surface area contributed by atoms with Gasteiger partial charge in [-0.25, -0.2) is 8.42 Å². The van der Waals surface area contributed by atoms with Gasteiger partial charge < -0.3 is 19.5 Å². The van der Waals surface area contributed by atoms with Crippen molar-refractivity contribution in [2.45, 2.75) is 57.0 Å². The van der Waals surface area contributed by atoms with Crippen molar-refractivity contribution in [3.8, 4) is 5.75 Å². The first-order valence-corrected chi connectivity index (χ1v) is 15.7. The van der Waals surface area contributed by atoms with Crippen molar-refractivity contribution in [3.05, 3.63) is 57.1 Å². The normalized spacial score (nSPS) is 17.5. The molecule has 1 saturated heterocycles. The molecule has 1 amide bonds. The van der Waals surface area contributed by atoms with Gasteiger partial charge in [0.25, 0.3) is 0 Å². The number of methoxy groups -OCH3 is 1. The van der Waals surface area contributed by atoms with Crippen molar-refractivity contribution in [1.29, 1.82) is 0 Å². The number of amides is 1. The van der Waals surface area contributed by atoms with Gasteiger partial charge in [0.15, 0.2) is 0 Å². The Hall–Kier alpha value is -1.98. The minimum atomic E-state index is -3.76. The first kappa shape index (κ1) is 30.0. The molecule has 4 rings (SSSR count). The molecule has 10 heteroatoms. The van der Waals surface area contributed by atoms with Crippen LogP contribution in [0.25, 0.3) is 0 Å². The number of hydrogen-bond acceptors (Lipinski definition) is 6. The molecule has 1 N–H and O–H groups in total. The zero-order chi connectivity index (χ0) is 28.4. The van der Waals surface area contributed by atoms with E-state index in [0.29, 0.717) is 60.2 Å². The third kappa shape index (κ3) is 6.85. The number of aryl methyl sites for hydroxylation is 1. The van der Waals surface area contributed by atoms with Crippen molar-refractivity contribution in [3.63, 3.8) is 0 Å². The average Bonchev–Trinajstić information content (AvgIpc) is 3.72. The molecule has 8 nitrogen and oxygen atoms in total. The highest BCUT2D eigenvalue weighted by molar-refractivity contribution is 9.10. The summed E-state index contributed by atoms with van der Waals surface area (Å²) in [6.45, 7) is 6.99. The van der Waals surface area contributed by atoms with Gasteiger partial charge in [0.05, 0.1) is 24.2 Å². The van der Waals surface area contributed by atoms with E-state index in [0.717, 1.165) is 28.4 Å². The third-order valence-electron chi connectivity index (χ3n) is 7.99. The van der Waals surface area contributed by atoms with Crippen molar-refractivity contribution in [2.75, 3.05) is 46.5 Å². The number of piperidine rings is 1. The summed E-state index contributed by atoms with van der Waals surface area (Å²) in [5.74, 6) is 0.883. The third-order valence-corrected chi connectivity index (χ3v) is 10.7. The van der Waals surface area contributed by atoms with E-state index >= 15 is 0 Å². The molecule has 0 bridgehead atoms. The second-order valence-corrected chi connectivity index (χ2v) is 13.5. The first-order chi connectivity index (χ1) is 18.5. The molecule has 0 radical (unpaired) electrons. The summed E-state index contributed by atoms with van der Waals surface area (Å²) >= 11 is 3.42. The Bertz CT molecular complexity index is 1290. The number of halogens is 1. The summed E-state index contributed by atoms with van der Waals surface area (Å²) in [7, 11) is -2.17. The van der Waals surface area contributed by atoms with Gasteiger partial charge in [-0.2, -0.15) is 4.31 Å². The summed E-state index contributed by atoms with van der Waals surface area (Å²) < 4.78 is 41.2. The Morgan fingerprint density at radius 2 is 1.77 bits per heavy atom. The number of nitrogens with zero attached hydrogens (tertiary/aromatic N) is 2. The Kier molecular flexibility index (Phi) is 9.43. The van der Waals surface area contributed by atoms with Crippen LogP contribution in [0.4, 0.5) is 0 Å². The number of rotatable bonds is 11. The maximum atomic E-state index is 13.8. The van der Waals surface area contributed by atoms with Gasteiger partial charge in [-0.05, 0) is 92.8 Å². The summed E-state index contributed by atoms with van der Waals surface area (Å²) in [5.41, 5.74) is 2.05. The standard InChI is InChI=1S/C29H39BrN2O6S/c1-20-17-26(37-4)21(2)22(3)28(20)39(35,36)32(18-23-5-6-23)15-16-38-19-27(33)31-13-11-29(34,12-14-31)24-7-9-25(30)10-8-24/h7-10,17,23,34H,5-6,11-16,18-19H2,1-4H3. The van der Waals surface area contributed by atoms with Crippen LogP contribution >= 0.6 is 15.9 Å². The lowest BCUT2D eigenvalue weighted by Gasteiger charge is -2.38. The Labute approximate surface area is 240 Å². The molecule has 1 aliphatic heterocycles. The fourth-order valence-electron chi connectivity index (χ4n) is 5.25. The number of sulfonamides is 1. The van der Waals surface area contributed by atoms with Gasteiger partial charge in [-0.15, -0.1) is 0 Å². The van der Waals surface area contributed by atoms with Crippen LogP contribution in [-0.4, -0.2) is 75.1 Å². The van der Waals surface area contributed by atoms with Crippen LogP contribution in [-0.2, 0) is 25.2 Å². The van der Waals surface area contributed by atoms with E-state index in [-0.39, 0.29) is 25.7 Å². The van der Waals surface area contributed by atoms with Gasteiger partial charge in [0, 0.05) is 30.7 Å². The molecular formula is C29H39BrN2O6S. The Balaban J connectivity index is 1.33. The predicted octanol–water partition coefficient (Wildman–Crippen LogP) is 4.31. The second-order valence-electron chi connectivity index (χ2n) is 10.8. The maximum Gasteiger partial charge on any atom is 0.248 e. The lowest BCUT2D eigenvalue weighted by Crippen LogP contribution is -2.46. The SMILES string of the molecule is COc1cc(C)c(S(=O)(=O)N(CCOCC(=O)N2CCC(O)(c3ccc(Br)cc3)CC2)CC2CC2)c(C)c1C. The highest BCUT2D eigenvalue weighted by atomic mass is 79.9. The van der Waals surface area contributed by atoms with Crippen molar-refractivity contribution in [1.82, 2.24) is 9.21 Å². The van der Waals surface area contributed by atoms with Crippen LogP contribution in [0, 0.1) is 26.7 Å². The minimum absolute atomic E-state index is 0.117. The van der Waals surface area contributed by atoms with E-state index in [9.17, 15) is 18.3 Å². The molecule has 2 aliphatic rings. The van der Waals surface area contributed by atoms with E-state index in [1.807, 2.05) is 38.1 Å². The predicted molar refractivity (Wildman–Crippen MR) is 153 cm³/mol. The molecule has 214 valence electrons. The monoisotopic (exact) mass is 622 g/mol. The quantitative estimate of drug-likeness (QED) is 0.375. The molecule has 0 spiro atoms. The number of ether oxygens (including phenoxy) is 2. The molecule has 2 fully saturated rings. The molecule has 1 saturated carbocycles. The summed E-state index contributed by atoms with van der Waals surface area (Å²) in [6, 6.07) is 9.40. The lowest BCUT2D eigenvalue weighted by atomic mass is 9.84. The number of likely N-dealkylation sites (tertiary alicyclic amines) is 1. The zero-order valence-corrected chi connectivity index (χ0v) is 25.6. The number of carbonyl (C=O) groups excluding carboxylic acids is 1. The zero-order valence-electron chi connectivity index (χ0n) is 23.2. The fourth-order valence-corrected chi connectivity index (χ4v) is 7.50.